The van der Waals surface area contributed by atoms with E-state index < -0.39 is 0 Å². The van der Waals surface area contributed by atoms with Crippen molar-refractivity contribution in [1.29, 1.82) is 0 Å². The molecule has 0 aliphatic carbocycles. The van der Waals surface area contributed by atoms with E-state index >= 15 is 0 Å². The van der Waals surface area contributed by atoms with Gasteiger partial charge in [0.05, 0.1) is 16.1 Å². The lowest BCUT2D eigenvalue weighted by Gasteiger charge is -2.09. The molecule has 0 aliphatic rings. The SMILES string of the molecule is O=C(Nc1ccccn1)c1cc(-c2ccc(-c3ccccc3Cl)o2)nc2ccccc12. The smallest absolute Gasteiger partial charge is 0.257 e. The molecule has 0 atom stereocenters. The number of halogens is 1. The van der Waals surface area contributed by atoms with Gasteiger partial charge in [0.25, 0.3) is 5.91 Å². The molecule has 0 unspecified atom stereocenters. The summed E-state index contributed by atoms with van der Waals surface area (Å²) >= 11 is 6.30. The average molecular weight is 426 g/mol. The number of aromatic nitrogens is 2. The molecular formula is C25H16ClN3O2. The number of rotatable bonds is 4. The van der Waals surface area contributed by atoms with E-state index in [0.29, 0.717) is 39.1 Å². The lowest BCUT2D eigenvalue weighted by Crippen LogP contribution is -2.13. The first kappa shape index (κ1) is 19.0. The van der Waals surface area contributed by atoms with Crippen LogP contribution in [0.1, 0.15) is 10.4 Å². The molecule has 31 heavy (non-hydrogen) atoms. The largest absolute Gasteiger partial charge is 0.454 e. The van der Waals surface area contributed by atoms with Gasteiger partial charge in [0.1, 0.15) is 17.3 Å². The fourth-order valence-electron chi connectivity index (χ4n) is 3.39. The molecule has 3 heterocycles. The van der Waals surface area contributed by atoms with Crippen molar-refractivity contribution in [2.24, 2.45) is 0 Å². The third kappa shape index (κ3) is 3.79. The maximum Gasteiger partial charge on any atom is 0.257 e. The number of carbonyl (C=O) groups is 1. The minimum Gasteiger partial charge on any atom is -0.454 e. The molecule has 0 bridgehead atoms. The zero-order chi connectivity index (χ0) is 21.2. The van der Waals surface area contributed by atoms with Gasteiger partial charge in [-0.25, -0.2) is 9.97 Å². The minimum atomic E-state index is -0.267. The summed E-state index contributed by atoms with van der Waals surface area (Å²) in [4.78, 5) is 21.9. The Hall–Kier alpha value is -3.96. The summed E-state index contributed by atoms with van der Waals surface area (Å²) in [6.45, 7) is 0. The lowest BCUT2D eigenvalue weighted by molar-refractivity contribution is 0.102. The number of benzene rings is 2. The zero-order valence-electron chi connectivity index (χ0n) is 16.2. The number of para-hydroxylation sites is 1. The second kappa shape index (κ2) is 8.05. The molecule has 1 amide bonds. The Morgan fingerprint density at radius 3 is 2.48 bits per heavy atom. The number of hydrogen-bond donors (Lipinski definition) is 1. The molecule has 5 nitrogen and oxygen atoms in total. The summed E-state index contributed by atoms with van der Waals surface area (Å²) < 4.78 is 6.05. The highest BCUT2D eigenvalue weighted by molar-refractivity contribution is 6.33. The summed E-state index contributed by atoms with van der Waals surface area (Å²) in [6.07, 6.45) is 1.63. The summed E-state index contributed by atoms with van der Waals surface area (Å²) in [6, 6.07) is 25.7. The number of hydrogen-bond acceptors (Lipinski definition) is 4. The van der Waals surface area contributed by atoms with Crippen molar-refractivity contribution in [2.75, 3.05) is 5.32 Å². The maximum atomic E-state index is 13.1. The highest BCUT2D eigenvalue weighted by Gasteiger charge is 2.17. The van der Waals surface area contributed by atoms with Crippen LogP contribution in [0.25, 0.3) is 33.7 Å². The van der Waals surface area contributed by atoms with Crippen molar-refractivity contribution in [3.63, 3.8) is 0 Å². The van der Waals surface area contributed by atoms with Gasteiger partial charge in [-0.3, -0.25) is 4.79 Å². The van der Waals surface area contributed by atoms with E-state index in [9.17, 15) is 4.79 Å². The van der Waals surface area contributed by atoms with Crippen LogP contribution in [0.15, 0.2) is 95.5 Å². The first-order chi connectivity index (χ1) is 15.2. The Kier molecular flexibility index (Phi) is 4.94. The van der Waals surface area contributed by atoms with Gasteiger partial charge in [0.2, 0.25) is 0 Å². The van der Waals surface area contributed by atoms with Gasteiger partial charge in [-0.2, -0.15) is 0 Å². The maximum absolute atomic E-state index is 13.1. The lowest BCUT2D eigenvalue weighted by atomic mass is 10.1. The predicted molar refractivity (Wildman–Crippen MR) is 122 cm³/mol. The quantitative estimate of drug-likeness (QED) is 0.358. The van der Waals surface area contributed by atoms with E-state index in [2.05, 4.69) is 10.3 Å². The third-order valence-electron chi connectivity index (χ3n) is 4.87. The van der Waals surface area contributed by atoms with Crippen LogP contribution in [-0.4, -0.2) is 15.9 Å². The molecule has 6 heteroatoms. The van der Waals surface area contributed by atoms with E-state index in [-0.39, 0.29) is 5.91 Å². The normalized spacial score (nSPS) is 10.9. The van der Waals surface area contributed by atoms with Crippen LogP contribution < -0.4 is 5.32 Å². The van der Waals surface area contributed by atoms with Gasteiger partial charge in [0.15, 0.2) is 5.76 Å². The highest BCUT2D eigenvalue weighted by Crippen LogP contribution is 2.33. The molecule has 0 aliphatic heterocycles. The summed E-state index contributed by atoms with van der Waals surface area (Å²) in [5, 5.41) is 4.19. The Bertz CT molecular complexity index is 1400. The fraction of sp³-hybridized carbons (Fsp3) is 0. The van der Waals surface area contributed by atoms with Gasteiger partial charge in [-0.15, -0.1) is 0 Å². The standard InChI is InChI=1S/C25H16ClN3O2/c26-19-9-3-1-8-17(19)22-12-13-23(31-22)21-15-18(16-7-2-4-10-20(16)28-21)25(30)29-24-11-5-6-14-27-24/h1-15H,(H,27,29,30). The van der Waals surface area contributed by atoms with Crippen molar-refractivity contribution in [3.8, 4) is 22.8 Å². The van der Waals surface area contributed by atoms with Crippen molar-refractivity contribution in [2.45, 2.75) is 0 Å². The average Bonchev–Trinajstić information content (AvgIpc) is 3.29. The van der Waals surface area contributed by atoms with E-state index in [1.165, 1.54) is 0 Å². The van der Waals surface area contributed by atoms with Crippen LogP contribution in [0, 0.1) is 0 Å². The summed E-state index contributed by atoms with van der Waals surface area (Å²) in [5.41, 5.74) is 2.54. The van der Waals surface area contributed by atoms with Gasteiger partial charge in [-0.1, -0.05) is 48.0 Å². The second-order valence-electron chi connectivity index (χ2n) is 6.89. The van der Waals surface area contributed by atoms with Crippen LogP contribution in [-0.2, 0) is 0 Å². The number of anilines is 1. The number of nitrogens with one attached hydrogen (secondary N) is 1. The van der Waals surface area contributed by atoms with Crippen LogP contribution in [0.4, 0.5) is 5.82 Å². The molecule has 5 aromatic rings. The first-order valence-corrected chi connectivity index (χ1v) is 10.0. The topological polar surface area (TPSA) is 68.0 Å². The molecule has 0 saturated heterocycles. The molecular weight excluding hydrogens is 410 g/mol. The number of carbonyl (C=O) groups excluding carboxylic acids is 1. The Balaban J connectivity index is 1.58. The number of furan rings is 1. The molecule has 0 fully saturated rings. The number of pyridine rings is 2. The van der Waals surface area contributed by atoms with Crippen molar-refractivity contribution in [3.05, 3.63) is 102 Å². The van der Waals surface area contributed by atoms with Crippen molar-refractivity contribution < 1.29 is 9.21 Å². The highest BCUT2D eigenvalue weighted by atomic mass is 35.5. The van der Waals surface area contributed by atoms with Gasteiger partial charge in [0, 0.05) is 17.1 Å². The van der Waals surface area contributed by atoms with E-state index in [1.807, 2.05) is 66.7 Å². The molecule has 3 aromatic heterocycles. The predicted octanol–water partition coefficient (Wildman–Crippen LogP) is 6.46. The third-order valence-corrected chi connectivity index (χ3v) is 5.19. The Morgan fingerprint density at radius 2 is 1.65 bits per heavy atom. The fourth-order valence-corrected chi connectivity index (χ4v) is 3.62. The molecule has 5 rings (SSSR count). The number of nitrogens with zero attached hydrogens (tertiary/aromatic N) is 2. The number of amides is 1. The van der Waals surface area contributed by atoms with Gasteiger partial charge < -0.3 is 9.73 Å². The van der Waals surface area contributed by atoms with Crippen molar-refractivity contribution >= 4 is 34.2 Å². The van der Waals surface area contributed by atoms with Gasteiger partial charge in [-0.05, 0) is 48.5 Å². The van der Waals surface area contributed by atoms with E-state index in [1.54, 1.807) is 24.4 Å². The molecule has 0 radical (unpaired) electrons. The second-order valence-corrected chi connectivity index (χ2v) is 7.29. The van der Waals surface area contributed by atoms with Crippen LogP contribution in [0.2, 0.25) is 5.02 Å². The monoisotopic (exact) mass is 425 g/mol. The summed E-state index contributed by atoms with van der Waals surface area (Å²) in [7, 11) is 0. The molecule has 1 N–H and O–H groups in total. The number of fused-ring (bicyclic) bond motifs is 1. The Labute approximate surface area is 183 Å². The minimum absolute atomic E-state index is 0.267. The molecule has 2 aromatic carbocycles. The van der Waals surface area contributed by atoms with E-state index in [0.717, 1.165) is 10.9 Å². The molecule has 150 valence electrons. The van der Waals surface area contributed by atoms with Crippen molar-refractivity contribution in [1.82, 2.24) is 9.97 Å². The molecule has 0 spiro atoms. The zero-order valence-corrected chi connectivity index (χ0v) is 17.0. The van der Waals surface area contributed by atoms with E-state index in [4.69, 9.17) is 21.0 Å². The van der Waals surface area contributed by atoms with Crippen LogP contribution in [0.3, 0.4) is 0 Å². The van der Waals surface area contributed by atoms with Crippen LogP contribution >= 0.6 is 11.6 Å². The Morgan fingerprint density at radius 1 is 0.871 bits per heavy atom. The molecule has 0 saturated carbocycles. The van der Waals surface area contributed by atoms with Crippen LogP contribution in [0.5, 0.6) is 0 Å². The van der Waals surface area contributed by atoms with Gasteiger partial charge >= 0.3 is 0 Å². The summed E-state index contributed by atoms with van der Waals surface area (Å²) in [5.74, 6) is 1.40. The first-order valence-electron chi connectivity index (χ1n) is 9.66.